The van der Waals surface area contributed by atoms with Gasteiger partial charge in [0, 0.05) is 54.9 Å². The molecule has 1 aromatic carbocycles. The lowest BCUT2D eigenvalue weighted by Gasteiger charge is -2.41. The van der Waals surface area contributed by atoms with Crippen LogP contribution in [-0.4, -0.2) is 44.3 Å². The monoisotopic (exact) mass is 444 g/mol. The van der Waals surface area contributed by atoms with Gasteiger partial charge in [-0.2, -0.15) is 0 Å². The van der Waals surface area contributed by atoms with Crippen molar-refractivity contribution in [3.05, 3.63) is 33.3 Å². The molecule has 23 heavy (non-hydrogen) atoms. The van der Waals surface area contributed by atoms with Gasteiger partial charge in [0.15, 0.2) is 0 Å². The van der Waals surface area contributed by atoms with E-state index in [2.05, 4.69) is 38.3 Å². The largest absolute Gasteiger partial charge is 0.381 e. The van der Waals surface area contributed by atoms with E-state index in [-0.39, 0.29) is 24.8 Å². The van der Waals surface area contributed by atoms with Crippen molar-refractivity contribution in [3.63, 3.8) is 0 Å². The molecule has 2 heterocycles. The van der Waals surface area contributed by atoms with Crippen LogP contribution in [0.25, 0.3) is 0 Å². The van der Waals surface area contributed by atoms with E-state index in [0.29, 0.717) is 12.0 Å². The van der Waals surface area contributed by atoms with Crippen molar-refractivity contribution < 1.29 is 4.74 Å². The van der Waals surface area contributed by atoms with Gasteiger partial charge in [-0.05, 0) is 42.5 Å². The number of nitrogens with zero attached hydrogens (tertiary/aromatic N) is 1. The van der Waals surface area contributed by atoms with Crippen LogP contribution in [0.2, 0.25) is 5.02 Å². The van der Waals surface area contributed by atoms with Crippen LogP contribution in [0.1, 0.15) is 24.4 Å². The predicted octanol–water partition coefficient (Wildman–Crippen LogP) is 4.32. The van der Waals surface area contributed by atoms with Gasteiger partial charge in [0.05, 0.1) is 0 Å². The fraction of sp³-hybridized carbons (Fsp3) is 0.625. The molecule has 3 nitrogen and oxygen atoms in total. The molecule has 0 radical (unpaired) electrons. The molecule has 0 amide bonds. The fourth-order valence-electron chi connectivity index (χ4n) is 3.48. The Hall–Kier alpha value is 0.450. The summed E-state index contributed by atoms with van der Waals surface area (Å²) in [5.41, 5.74) is 1.33. The SMILES string of the molecule is Cl.Cl.Clc1ccc(Br)c([C@H](C2CCOCC2)N2CCNCC2)c1. The maximum Gasteiger partial charge on any atom is 0.0469 e. The lowest BCUT2D eigenvalue weighted by Crippen LogP contribution is -2.47. The second kappa shape index (κ2) is 10.4. The van der Waals surface area contributed by atoms with Crippen LogP contribution < -0.4 is 5.32 Å². The molecule has 0 bridgehead atoms. The molecule has 2 aliphatic rings. The Morgan fingerprint density at radius 2 is 1.83 bits per heavy atom. The average Bonchev–Trinajstić information content (AvgIpc) is 2.53. The summed E-state index contributed by atoms with van der Waals surface area (Å²) in [5, 5.41) is 4.27. The summed E-state index contributed by atoms with van der Waals surface area (Å²) < 4.78 is 6.73. The molecule has 0 unspecified atom stereocenters. The number of benzene rings is 1. The van der Waals surface area contributed by atoms with Crippen LogP contribution in [0.4, 0.5) is 0 Å². The average molecular weight is 447 g/mol. The first-order valence-corrected chi connectivity index (χ1v) is 8.90. The van der Waals surface area contributed by atoms with Crippen LogP contribution in [0.5, 0.6) is 0 Å². The number of halogens is 4. The van der Waals surface area contributed by atoms with E-state index in [4.69, 9.17) is 16.3 Å². The smallest absolute Gasteiger partial charge is 0.0469 e. The lowest BCUT2D eigenvalue weighted by atomic mass is 9.85. The van der Waals surface area contributed by atoms with Gasteiger partial charge < -0.3 is 10.1 Å². The molecule has 132 valence electrons. The molecule has 7 heteroatoms. The number of hydrogen-bond donors (Lipinski definition) is 1. The van der Waals surface area contributed by atoms with Gasteiger partial charge in [-0.25, -0.2) is 0 Å². The molecule has 2 aliphatic heterocycles. The minimum absolute atomic E-state index is 0. The van der Waals surface area contributed by atoms with Crippen LogP contribution >= 0.6 is 52.3 Å². The zero-order valence-electron chi connectivity index (χ0n) is 13.0. The van der Waals surface area contributed by atoms with E-state index >= 15 is 0 Å². The van der Waals surface area contributed by atoms with Gasteiger partial charge in [0.25, 0.3) is 0 Å². The molecule has 3 rings (SSSR count). The minimum Gasteiger partial charge on any atom is -0.381 e. The van der Waals surface area contributed by atoms with E-state index in [0.717, 1.165) is 57.3 Å². The minimum atomic E-state index is 0. The van der Waals surface area contributed by atoms with E-state index in [9.17, 15) is 0 Å². The summed E-state index contributed by atoms with van der Waals surface area (Å²) in [6.07, 6.45) is 2.26. The first-order valence-electron chi connectivity index (χ1n) is 7.73. The zero-order chi connectivity index (χ0) is 14.7. The standard InChI is InChI=1S/C16H22BrClN2O.2ClH/c17-15-2-1-13(18)11-14(15)16(12-3-9-21-10-4-12)20-7-5-19-6-8-20;;/h1-2,11-12,16,19H,3-10H2;2*1H/t16-;;/m0../s1. The first-order chi connectivity index (χ1) is 10.3. The number of ether oxygens (including phenoxy) is 1. The van der Waals surface area contributed by atoms with E-state index in [1.165, 1.54) is 10.0 Å². The summed E-state index contributed by atoms with van der Waals surface area (Å²) in [7, 11) is 0. The lowest BCUT2D eigenvalue weighted by molar-refractivity contribution is 0.0211. The van der Waals surface area contributed by atoms with Crippen molar-refractivity contribution in [1.82, 2.24) is 10.2 Å². The highest BCUT2D eigenvalue weighted by molar-refractivity contribution is 9.10. The van der Waals surface area contributed by atoms with E-state index in [1.54, 1.807) is 0 Å². The summed E-state index contributed by atoms with van der Waals surface area (Å²) >= 11 is 9.99. The maximum absolute atomic E-state index is 6.26. The molecule has 1 atom stereocenters. The fourth-order valence-corrected chi connectivity index (χ4v) is 4.14. The van der Waals surface area contributed by atoms with Crippen molar-refractivity contribution in [2.45, 2.75) is 18.9 Å². The highest BCUT2D eigenvalue weighted by atomic mass is 79.9. The van der Waals surface area contributed by atoms with Crippen molar-refractivity contribution in [2.24, 2.45) is 5.92 Å². The van der Waals surface area contributed by atoms with Crippen molar-refractivity contribution in [3.8, 4) is 0 Å². The quantitative estimate of drug-likeness (QED) is 0.749. The van der Waals surface area contributed by atoms with E-state index < -0.39 is 0 Å². The van der Waals surface area contributed by atoms with Crippen LogP contribution in [0.3, 0.4) is 0 Å². The van der Waals surface area contributed by atoms with Crippen LogP contribution in [0.15, 0.2) is 22.7 Å². The number of rotatable bonds is 3. The summed E-state index contributed by atoms with van der Waals surface area (Å²) in [6.45, 7) is 6.09. The second-order valence-electron chi connectivity index (χ2n) is 5.85. The van der Waals surface area contributed by atoms with E-state index in [1.807, 2.05) is 6.07 Å². The molecule has 0 aromatic heterocycles. The normalized spacial score (nSPS) is 21.1. The van der Waals surface area contributed by atoms with Gasteiger partial charge >= 0.3 is 0 Å². The van der Waals surface area contributed by atoms with Gasteiger partial charge in [-0.1, -0.05) is 27.5 Å². The highest BCUT2D eigenvalue weighted by Gasteiger charge is 2.32. The Kier molecular flexibility index (Phi) is 9.76. The third-order valence-electron chi connectivity index (χ3n) is 4.53. The van der Waals surface area contributed by atoms with Gasteiger partial charge in [-0.3, -0.25) is 4.90 Å². The van der Waals surface area contributed by atoms with Gasteiger partial charge in [0.2, 0.25) is 0 Å². The second-order valence-corrected chi connectivity index (χ2v) is 7.14. The molecule has 2 saturated heterocycles. The van der Waals surface area contributed by atoms with Gasteiger partial charge in [0.1, 0.15) is 0 Å². The Morgan fingerprint density at radius 1 is 1.17 bits per heavy atom. The van der Waals surface area contributed by atoms with Crippen molar-refractivity contribution >= 4 is 52.3 Å². The van der Waals surface area contributed by atoms with Crippen LogP contribution in [-0.2, 0) is 4.74 Å². The third-order valence-corrected chi connectivity index (χ3v) is 5.49. The Labute approximate surface area is 164 Å². The topological polar surface area (TPSA) is 24.5 Å². The first kappa shape index (κ1) is 21.5. The third kappa shape index (κ3) is 5.46. The molecule has 0 aliphatic carbocycles. The predicted molar refractivity (Wildman–Crippen MR) is 104 cm³/mol. The molecular formula is C16H24BrCl3N2O. The molecule has 0 saturated carbocycles. The molecular weight excluding hydrogens is 422 g/mol. The molecule has 1 N–H and O–H groups in total. The van der Waals surface area contributed by atoms with Crippen molar-refractivity contribution in [1.29, 1.82) is 0 Å². The number of nitrogens with one attached hydrogen (secondary N) is 1. The Morgan fingerprint density at radius 3 is 2.48 bits per heavy atom. The molecule has 1 aromatic rings. The highest BCUT2D eigenvalue weighted by Crippen LogP contribution is 2.39. The Balaban J connectivity index is 0.00000132. The Bertz CT molecular complexity index is 462. The van der Waals surface area contributed by atoms with Gasteiger partial charge in [-0.15, -0.1) is 24.8 Å². The van der Waals surface area contributed by atoms with Crippen molar-refractivity contribution in [2.75, 3.05) is 39.4 Å². The summed E-state index contributed by atoms with van der Waals surface area (Å²) in [6, 6.07) is 6.59. The molecule has 0 spiro atoms. The summed E-state index contributed by atoms with van der Waals surface area (Å²) in [5.74, 6) is 0.645. The zero-order valence-corrected chi connectivity index (χ0v) is 16.9. The summed E-state index contributed by atoms with van der Waals surface area (Å²) in [4.78, 5) is 2.61. The van der Waals surface area contributed by atoms with Crippen LogP contribution in [0, 0.1) is 5.92 Å². The number of piperazine rings is 1. The maximum atomic E-state index is 6.26. The molecule has 2 fully saturated rings. The number of hydrogen-bond acceptors (Lipinski definition) is 3.